The molecule has 18 heavy (non-hydrogen) atoms. The average molecular weight is 272 g/mol. The number of ether oxygens (including phenoxy) is 1. The number of nitrogens with zero attached hydrogens (tertiary/aromatic N) is 1. The number of likely N-dealkylation sites (N-methyl/N-ethyl adjacent to an activating group) is 1. The summed E-state index contributed by atoms with van der Waals surface area (Å²) in [4.78, 5) is 2.29. The van der Waals surface area contributed by atoms with Crippen LogP contribution in [0.5, 0.6) is 0 Å². The van der Waals surface area contributed by atoms with Gasteiger partial charge in [0.05, 0.1) is 11.5 Å². The largest absolute Gasteiger partial charge is 0.383 e. The van der Waals surface area contributed by atoms with Gasteiger partial charge in [-0.05, 0) is 24.3 Å². The van der Waals surface area contributed by atoms with E-state index in [0.717, 1.165) is 5.69 Å². The highest BCUT2D eigenvalue weighted by atomic mass is 32.2. The number of benzene rings is 1. The second kappa shape index (κ2) is 6.17. The van der Waals surface area contributed by atoms with E-state index in [-0.39, 0.29) is 6.04 Å². The lowest BCUT2D eigenvalue weighted by molar-refractivity contribution is 0.181. The molecule has 102 valence electrons. The predicted molar refractivity (Wildman–Crippen MR) is 72.7 cm³/mol. The average Bonchev–Trinajstić information content (AvgIpc) is 2.28. The Morgan fingerprint density at radius 1 is 1.33 bits per heavy atom. The number of sulfone groups is 1. The van der Waals surface area contributed by atoms with Crippen molar-refractivity contribution in [2.24, 2.45) is 5.73 Å². The SMILES string of the molecule is COCC(N)CN(C)c1ccc(S(C)(=O)=O)cc1. The summed E-state index contributed by atoms with van der Waals surface area (Å²) in [6, 6.07) is 6.67. The van der Waals surface area contributed by atoms with Gasteiger partial charge in [0.25, 0.3) is 0 Å². The number of nitrogens with two attached hydrogens (primary N) is 1. The first-order valence-electron chi connectivity index (χ1n) is 5.60. The highest BCUT2D eigenvalue weighted by Crippen LogP contribution is 2.16. The first-order valence-corrected chi connectivity index (χ1v) is 7.49. The molecule has 2 N–H and O–H groups in total. The van der Waals surface area contributed by atoms with Gasteiger partial charge in [-0.15, -0.1) is 0 Å². The van der Waals surface area contributed by atoms with E-state index in [1.165, 1.54) is 6.26 Å². The van der Waals surface area contributed by atoms with Crippen LogP contribution in [0.3, 0.4) is 0 Å². The van der Waals surface area contributed by atoms with Crippen molar-refractivity contribution in [2.45, 2.75) is 10.9 Å². The van der Waals surface area contributed by atoms with Crippen LogP contribution in [0.1, 0.15) is 0 Å². The van der Waals surface area contributed by atoms with E-state index in [1.807, 2.05) is 11.9 Å². The van der Waals surface area contributed by atoms with Crippen LogP contribution in [0.25, 0.3) is 0 Å². The molecule has 0 spiro atoms. The predicted octanol–water partition coefficient (Wildman–Crippen LogP) is 0.500. The van der Waals surface area contributed by atoms with Crippen molar-refractivity contribution in [1.82, 2.24) is 0 Å². The lowest BCUT2D eigenvalue weighted by Crippen LogP contribution is -2.38. The zero-order valence-electron chi connectivity index (χ0n) is 11.0. The van der Waals surface area contributed by atoms with Gasteiger partial charge >= 0.3 is 0 Å². The maximum Gasteiger partial charge on any atom is 0.175 e. The van der Waals surface area contributed by atoms with Crippen molar-refractivity contribution in [3.8, 4) is 0 Å². The third-order valence-electron chi connectivity index (χ3n) is 2.59. The highest BCUT2D eigenvalue weighted by Gasteiger charge is 2.10. The first-order chi connectivity index (χ1) is 8.34. The smallest absolute Gasteiger partial charge is 0.175 e. The summed E-state index contributed by atoms with van der Waals surface area (Å²) in [7, 11) is 0.379. The Labute approximate surface area is 108 Å². The number of rotatable bonds is 6. The molecule has 0 aliphatic heterocycles. The van der Waals surface area contributed by atoms with Crippen LogP contribution >= 0.6 is 0 Å². The number of hydrogen-bond acceptors (Lipinski definition) is 5. The summed E-state index contributed by atoms with van der Waals surface area (Å²) >= 11 is 0. The second-order valence-electron chi connectivity index (χ2n) is 4.36. The summed E-state index contributed by atoms with van der Waals surface area (Å²) in [5.74, 6) is 0. The summed E-state index contributed by atoms with van der Waals surface area (Å²) in [5.41, 5.74) is 6.78. The van der Waals surface area contributed by atoms with E-state index in [4.69, 9.17) is 10.5 Å². The van der Waals surface area contributed by atoms with Crippen LogP contribution in [-0.4, -0.2) is 48.0 Å². The van der Waals surface area contributed by atoms with E-state index >= 15 is 0 Å². The van der Waals surface area contributed by atoms with Gasteiger partial charge in [0.1, 0.15) is 0 Å². The molecule has 1 atom stereocenters. The Morgan fingerprint density at radius 3 is 2.33 bits per heavy atom. The summed E-state index contributed by atoms with van der Waals surface area (Å²) in [6.45, 7) is 1.14. The van der Waals surface area contributed by atoms with Crippen LogP contribution in [0.15, 0.2) is 29.2 Å². The Hall–Kier alpha value is -1.11. The van der Waals surface area contributed by atoms with Crippen LogP contribution < -0.4 is 10.6 Å². The molecule has 1 aromatic rings. The molecule has 0 amide bonds. The van der Waals surface area contributed by atoms with E-state index in [9.17, 15) is 8.42 Å². The normalized spacial score (nSPS) is 13.3. The zero-order valence-corrected chi connectivity index (χ0v) is 11.8. The van der Waals surface area contributed by atoms with Gasteiger partial charge in [-0.2, -0.15) is 0 Å². The van der Waals surface area contributed by atoms with Crippen molar-refractivity contribution < 1.29 is 13.2 Å². The first kappa shape index (κ1) is 14.9. The zero-order chi connectivity index (χ0) is 13.8. The Bertz CT molecular complexity index is 471. The molecule has 0 heterocycles. The van der Waals surface area contributed by atoms with E-state index < -0.39 is 9.84 Å². The van der Waals surface area contributed by atoms with Gasteiger partial charge in [0.15, 0.2) is 9.84 Å². The molecule has 6 heteroatoms. The van der Waals surface area contributed by atoms with Gasteiger partial charge < -0.3 is 15.4 Å². The van der Waals surface area contributed by atoms with E-state index in [0.29, 0.717) is 18.0 Å². The van der Waals surface area contributed by atoms with Crippen molar-refractivity contribution >= 4 is 15.5 Å². The van der Waals surface area contributed by atoms with Gasteiger partial charge in [0.2, 0.25) is 0 Å². The molecule has 1 unspecified atom stereocenters. The van der Waals surface area contributed by atoms with Gasteiger partial charge in [-0.25, -0.2) is 8.42 Å². The minimum Gasteiger partial charge on any atom is -0.383 e. The maximum atomic E-state index is 11.3. The molecular weight excluding hydrogens is 252 g/mol. The maximum absolute atomic E-state index is 11.3. The molecule has 0 bridgehead atoms. The van der Waals surface area contributed by atoms with Gasteiger partial charge in [0, 0.05) is 38.7 Å². The fraction of sp³-hybridized carbons (Fsp3) is 0.500. The minimum absolute atomic E-state index is 0.0745. The number of hydrogen-bond donors (Lipinski definition) is 1. The molecule has 0 fully saturated rings. The van der Waals surface area contributed by atoms with Crippen molar-refractivity contribution in [3.05, 3.63) is 24.3 Å². The monoisotopic (exact) mass is 272 g/mol. The molecule has 0 aliphatic carbocycles. The molecule has 0 radical (unpaired) electrons. The molecule has 0 saturated carbocycles. The number of methoxy groups -OCH3 is 1. The van der Waals surface area contributed by atoms with Crippen LogP contribution in [0.2, 0.25) is 0 Å². The van der Waals surface area contributed by atoms with Crippen LogP contribution in [0.4, 0.5) is 5.69 Å². The molecule has 5 nitrogen and oxygen atoms in total. The quantitative estimate of drug-likeness (QED) is 0.816. The summed E-state index contributed by atoms with van der Waals surface area (Å²) in [5, 5.41) is 0. The fourth-order valence-electron chi connectivity index (χ4n) is 1.67. The molecule has 1 aromatic carbocycles. The lowest BCUT2D eigenvalue weighted by Gasteiger charge is -2.23. The molecule has 0 aromatic heterocycles. The third kappa shape index (κ3) is 4.29. The van der Waals surface area contributed by atoms with Gasteiger partial charge in [-0.3, -0.25) is 0 Å². The Kier molecular flexibility index (Phi) is 5.13. The van der Waals surface area contributed by atoms with Crippen LogP contribution in [0, 0.1) is 0 Å². The van der Waals surface area contributed by atoms with Crippen molar-refractivity contribution in [1.29, 1.82) is 0 Å². The standard InChI is InChI=1S/C12H20N2O3S/c1-14(8-10(13)9-17-2)11-4-6-12(7-5-11)18(3,15)16/h4-7,10H,8-9,13H2,1-3H3. The number of anilines is 1. The molecule has 0 saturated heterocycles. The van der Waals surface area contributed by atoms with Crippen molar-refractivity contribution in [3.63, 3.8) is 0 Å². The molecule has 0 aliphatic rings. The minimum atomic E-state index is -3.14. The summed E-state index contributed by atoms with van der Waals surface area (Å²) < 4.78 is 27.6. The summed E-state index contributed by atoms with van der Waals surface area (Å²) in [6.07, 6.45) is 1.19. The van der Waals surface area contributed by atoms with Crippen molar-refractivity contribution in [2.75, 3.05) is 38.5 Å². The van der Waals surface area contributed by atoms with E-state index in [1.54, 1.807) is 31.4 Å². The third-order valence-corrected chi connectivity index (χ3v) is 3.72. The molecule has 1 rings (SSSR count). The fourth-order valence-corrected chi connectivity index (χ4v) is 2.30. The van der Waals surface area contributed by atoms with Gasteiger partial charge in [-0.1, -0.05) is 0 Å². The van der Waals surface area contributed by atoms with Crippen LogP contribution in [-0.2, 0) is 14.6 Å². The highest BCUT2D eigenvalue weighted by molar-refractivity contribution is 7.90. The second-order valence-corrected chi connectivity index (χ2v) is 6.38. The van der Waals surface area contributed by atoms with E-state index in [2.05, 4.69) is 0 Å². The molecular formula is C12H20N2O3S. The Morgan fingerprint density at radius 2 is 1.89 bits per heavy atom. The topological polar surface area (TPSA) is 72.6 Å². The lowest BCUT2D eigenvalue weighted by atomic mass is 10.2. The Balaban J connectivity index is 2.73.